The number of anilines is 2. The number of carbonyl (C=O) groups is 1. The van der Waals surface area contributed by atoms with Crippen molar-refractivity contribution in [3.05, 3.63) is 64.7 Å². The fourth-order valence-electron chi connectivity index (χ4n) is 4.85. The van der Waals surface area contributed by atoms with Gasteiger partial charge in [0, 0.05) is 37.0 Å². The van der Waals surface area contributed by atoms with Crippen LogP contribution in [-0.4, -0.2) is 45.5 Å². The lowest BCUT2D eigenvalue weighted by Crippen LogP contribution is -2.37. The van der Waals surface area contributed by atoms with Crippen LogP contribution in [0, 0.1) is 0 Å². The predicted octanol–water partition coefficient (Wildman–Crippen LogP) is 2.67. The zero-order chi connectivity index (χ0) is 22.1. The second-order valence-corrected chi connectivity index (χ2v) is 8.47. The highest BCUT2D eigenvalue weighted by Crippen LogP contribution is 2.36. The molecule has 3 heterocycles. The van der Waals surface area contributed by atoms with E-state index in [2.05, 4.69) is 20.2 Å². The molecule has 5 rings (SSSR count). The molecule has 1 aliphatic carbocycles. The topological polar surface area (TPSA) is 84.2 Å². The summed E-state index contributed by atoms with van der Waals surface area (Å²) in [7, 11) is 2.02. The highest BCUT2D eigenvalue weighted by molar-refractivity contribution is 5.96. The average molecular weight is 431 g/mol. The van der Waals surface area contributed by atoms with E-state index in [-0.39, 0.29) is 18.0 Å². The van der Waals surface area contributed by atoms with Gasteiger partial charge in [-0.25, -0.2) is 4.68 Å². The maximum Gasteiger partial charge on any atom is 0.267 e. The van der Waals surface area contributed by atoms with Crippen LogP contribution in [0.25, 0.3) is 11.1 Å². The van der Waals surface area contributed by atoms with E-state index < -0.39 is 0 Å². The van der Waals surface area contributed by atoms with Crippen molar-refractivity contribution in [3.63, 3.8) is 0 Å². The summed E-state index contributed by atoms with van der Waals surface area (Å²) in [6.45, 7) is 0.506. The van der Waals surface area contributed by atoms with E-state index in [0.717, 1.165) is 47.5 Å². The van der Waals surface area contributed by atoms with Gasteiger partial charge in [0.05, 0.1) is 12.4 Å². The van der Waals surface area contributed by atoms with Crippen LogP contribution in [-0.2, 0) is 17.8 Å². The molecule has 0 N–H and O–H groups in total. The third kappa shape index (κ3) is 3.77. The van der Waals surface area contributed by atoms with Crippen molar-refractivity contribution >= 4 is 17.4 Å². The number of aromatic nitrogens is 4. The Balaban J connectivity index is 1.38. The minimum atomic E-state index is -0.266. The van der Waals surface area contributed by atoms with Gasteiger partial charge in [-0.2, -0.15) is 15.3 Å². The molecular formula is C24H26N6O2. The van der Waals surface area contributed by atoms with Gasteiger partial charge in [0.1, 0.15) is 12.4 Å². The quantitative estimate of drug-likeness (QED) is 0.619. The monoisotopic (exact) mass is 430 g/mol. The van der Waals surface area contributed by atoms with Gasteiger partial charge in [-0.1, -0.05) is 25.0 Å². The lowest BCUT2D eigenvalue weighted by molar-refractivity contribution is -0.119. The van der Waals surface area contributed by atoms with E-state index in [1.165, 1.54) is 23.6 Å². The van der Waals surface area contributed by atoms with E-state index in [1.54, 1.807) is 23.4 Å². The molecule has 3 aromatic rings. The van der Waals surface area contributed by atoms with Crippen LogP contribution >= 0.6 is 0 Å². The summed E-state index contributed by atoms with van der Waals surface area (Å²) in [5, 5.41) is 12.3. The zero-order valence-corrected chi connectivity index (χ0v) is 18.1. The Hall–Kier alpha value is -3.55. The third-order valence-electron chi connectivity index (χ3n) is 6.60. The molecule has 164 valence electrons. The molecule has 1 aromatic carbocycles. The van der Waals surface area contributed by atoms with Crippen LogP contribution in [0.15, 0.2) is 53.6 Å². The first-order valence-corrected chi connectivity index (χ1v) is 11.1. The van der Waals surface area contributed by atoms with Crippen molar-refractivity contribution in [1.82, 2.24) is 20.0 Å². The number of benzene rings is 1. The van der Waals surface area contributed by atoms with Crippen molar-refractivity contribution in [2.24, 2.45) is 0 Å². The van der Waals surface area contributed by atoms with Gasteiger partial charge in [-0.15, -0.1) is 0 Å². The summed E-state index contributed by atoms with van der Waals surface area (Å²) in [4.78, 5) is 29.5. The van der Waals surface area contributed by atoms with Gasteiger partial charge in [-0.3, -0.25) is 9.59 Å². The summed E-state index contributed by atoms with van der Waals surface area (Å²) in [6.07, 6.45) is 8.87. The van der Waals surface area contributed by atoms with Crippen molar-refractivity contribution < 1.29 is 4.79 Å². The predicted molar refractivity (Wildman–Crippen MR) is 123 cm³/mol. The fourth-order valence-corrected chi connectivity index (χ4v) is 4.85. The molecule has 0 spiro atoms. The second kappa shape index (κ2) is 8.53. The van der Waals surface area contributed by atoms with E-state index in [1.807, 2.05) is 31.3 Å². The Morgan fingerprint density at radius 3 is 2.75 bits per heavy atom. The molecule has 0 bridgehead atoms. The molecular weight excluding hydrogens is 404 g/mol. The minimum absolute atomic E-state index is 0.0777. The average Bonchev–Trinajstić information content (AvgIpc) is 3.51. The maximum atomic E-state index is 13.2. The van der Waals surface area contributed by atoms with Gasteiger partial charge in [0.2, 0.25) is 5.91 Å². The number of amides is 1. The summed E-state index contributed by atoms with van der Waals surface area (Å²) in [5.74, 6) is 0.600. The van der Waals surface area contributed by atoms with Crippen LogP contribution in [0.5, 0.6) is 0 Å². The SMILES string of the molecule is CN(c1ccc(=O)n(CC(=O)N2CCc3c(-c4ccnnc4)cccc32)n1)C1CCCC1. The standard InChI is InChI=1S/C24H26N6O2/c1-28(18-5-2-3-6-18)22-9-10-23(31)30(27-22)16-24(32)29-14-12-20-19(7-4-8-21(20)29)17-11-13-25-26-15-17/h4,7-11,13,15,18H,2-3,5-6,12,14,16H2,1H3. The minimum Gasteiger partial charge on any atom is -0.355 e. The first-order valence-electron chi connectivity index (χ1n) is 11.1. The Kier molecular flexibility index (Phi) is 5.43. The number of rotatable bonds is 5. The molecule has 1 aliphatic heterocycles. The number of hydrogen-bond acceptors (Lipinski definition) is 6. The van der Waals surface area contributed by atoms with Gasteiger partial charge in [0.25, 0.3) is 5.56 Å². The Morgan fingerprint density at radius 2 is 1.97 bits per heavy atom. The van der Waals surface area contributed by atoms with Crippen LogP contribution in [0.1, 0.15) is 31.2 Å². The lowest BCUT2D eigenvalue weighted by atomic mass is 9.99. The highest BCUT2D eigenvalue weighted by atomic mass is 16.2. The van der Waals surface area contributed by atoms with E-state index in [9.17, 15) is 9.59 Å². The molecule has 1 amide bonds. The van der Waals surface area contributed by atoms with Crippen LogP contribution in [0.4, 0.5) is 11.5 Å². The van der Waals surface area contributed by atoms with Crippen molar-refractivity contribution in [2.45, 2.75) is 44.7 Å². The number of carbonyl (C=O) groups excluding carboxylic acids is 1. The molecule has 0 atom stereocenters. The molecule has 0 saturated heterocycles. The molecule has 2 aromatic heterocycles. The Morgan fingerprint density at radius 1 is 1.12 bits per heavy atom. The Bertz CT molecular complexity index is 1190. The third-order valence-corrected chi connectivity index (χ3v) is 6.60. The van der Waals surface area contributed by atoms with Gasteiger partial charge < -0.3 is 9.80 Å². The van der Waals surface area contributed by atoms with Gasteiger partial charge in [0.15, 0.2) is 0 Å². The molecule has 0 radical (unpaired) electrons. The summed E-state index contributed by atoms with van der Waals surface area (Å²) >= 11 is 0. The van der Waals surface area contributed by atoms with Crippen LogP contribution in [0.3, 0.4) is 0 Å². The molecule has 32 heavy (non-hydrogen) atoms. The molecule has 8 nitrogen and oxygen atoms in total. The zero-order valence-electron chi connectivity index (χ0n) is 18.1. The van der Waals surface area contributed by atoms with Gasteiger partial charge >= 0.3 is 0 Å². The first kappa shape index (κ1) is 20.4. The molecule has 1 saturated carbocycles. The largest absolute Gasteiger partial charge is 0.355 e. The fraction of sp³-hybridized carbons (Fsp3) is 0.375. The second-order valence-electron chi connectivity index (χ2n) is 8.47. The van der Waals surface area contributed by atoms with Crippen LogP contribution in [0.2, 0.25) is 0 Å². The number of fused-ring (bicyclic) bond motifs is 1. The normalized spacial score (nSPS) is 15.7. The van der Waals surface area contributed by atoms with Crippen LogP contribution < -0.4 is 15.4 Å². The number of hydrogen-bond donors (Lipinski definition) is 0. The van der Waals surface area contributed by atoms with Gasteiger partial charge in [-0.05, 0) is 48.6 Å². The molecule has 1 fully saturated rings. The first-order chi connectivity index (χ1) is 15.6. The molecule has 0 unspecified atom stereocenters. The maximum absolute atomic E-state index is 13.2. The van der Waals surface area contributed by atoms with E-state index in [0.29, 0.717) is 12.6 Å². The highest BCUT2D eigenvalue weighted by Gasteiger charge is 2.28. The van der Waals surface area contributed by atoms with E-state index >= 15 is 0 Å². The van der Waals surface area contributed by atoms with Crippen molar-refractivity contribution in [1.29, 1.82) is 0 Å². The van der Waals surface area contributed by atoms with Crippen molar-refractivity contribution in [3.8, 4) is 11.1 Å². The number of nitrogens with zero attached hydrogens (tertiary/aromatic N) is 6. The summed E-state index contributed by atoms with van der Waals surface area (Å²) < 4.78 is 1.29. The van der Waals surface area contributed by atoms with Crippen molar-refractivity contribution in [2.75, 3.05) is 23.4 Å². The smallest absolute Gasteiger partial charge is 0.267 e. The molecule has 2 aliphatic rings. The summed E-state index contributed by atoms with van der Waals surface area (Å²) in [5.41, 5.74) is 3.77. The molecule has 8 heteroatoms. The summed E-state index contributed by atoms with van der Waals surface area (Å²) in [6, 6.07) is 11.6. The van der Waals surface area contributed by atoms with E-state index in [4.69, 9.17) is 0 Å². The lowest BCUT2D eigenvalue weighted by Gasteiger charge is -2.25. The Labute approximate surface area is 186 Å².